The molecule has 5 aliphatic rings. The molecule has 0 unspecified atom stereocenters. The predicted octanol–water partition coefficient (Wildman–Crippen LogP) is 6.69. The van der Waals surface area contributed by atoms with Crippen LogP contribution < -0.4 is 10.2 Å². The van der Waals surface area contributed by atoms with E-state index in [2.05, 4.69) is 48.5 Å². The molecule has 0 atom stereocenters. The van der Waals surface area contributed by atoms with Gasteiger partial charge in [-0.2, -0.15) is 10.5 Å². The van der Waals surface area contributed by atoms with Crippen LogP contribution in [0.5, 0.6) is 0 Å². The molecule has 8 bridgehead atoms. The van der Waals surface area contributed by atoms with E-state index in [1.165, 1.54) is 12.4 Å². The fourth-order valence-corrected chi connectivity index (χ4v) is 8.00. The van der Waals surface area contributed by atoms with Gasteiger partial charge in [0.2, 0.25) is 0 Å². The zero-order chi connectivity index (χ0) is 30.0. The van der Waals surface area contributed by atoms with E-state index < -0.39 is 23.2 Å². The maximum absolute atomic E-state index is 15.8. The molecule has 0 spiro atoms. The van der Waals surface area contributed by atoms with Crippen LogP contribution in [0.25, 0.3) is 6.08 Å². The smallest absolute Gasteiger partial charge is 0.278 e. The monoisotopic (exact) mass is 612 g/mol. The summed E-state index contributed by atoms with van der Waals surface area (Å²) in [5.74, 6) is 2.79. The Hall–Kier alpha value is -2.85. The molecule has 0 aliphatic carbocycles. The third-order valence-corrected chi connectivity index (χ3v) is 11.0. The maximum atomic E-state index is 15.8. The lowest BCUT2D eigenvalue weighted by Gasteiger charge is -2.39. The van der Waals surface area contributed by atoms with Crippen molar-refractivity contribution in [2.24, 2.45) is 5.92 Å². The Morgan fingerprint density at radius 2 is 1.65 bits per heavy atom. The molecule has 1 N–H and O–H groups in total. The van der Waals surface area contributed by atoms with Crippen molar-refractivity contribution >= 4 is 34.1 Å². The van der Waals surface area contributed by atoms with Crippen LogP contribution >= 0.6 is 10.5 Å². The first-order valence-electron chi connectivity index (χ1n) is 15.7. The van der Waals surface area contributed by atoms with Crippen molar-refractivity contribution in [3.63, 3.8) is 0 Å². The second-order valence-electron chi connectivity index (χ2n) is 12.2. The van der Waals surface area contributed by atoms with Gasteiger partial charge in [0.05, 0.1) is 22.5 Å². The van der Waals surface area contributed by atoms with Crippen LogP contribution in [-0.4, -0.2) is 76.4 Å². The first kappa shape index (κ1) is 30.2. The SMILES string of the molecule is C=C1C(N2CCS(=C)CC2)=Cc2c3ncnc2N1CCCCCCCN1CCC(CC1)C(F)(F)c1cccc(c1F)CN3. The van der Waals surface area contributed by atoms with Gasteiger partial charge in [-0.15, -0.1) is 0 Å². The zero-order valence-corrected chi connectivity index (χ0v) is 25.8. The van der Waals surface area contributed by atoms with Crippen molar-refractivity contribution in [3.8, 4) is 0 Å². The normalized spacial score (nSPS) is 25.5. The average Bonchev–Trinajstić information content (AvgIpc) is 3.01. The maximum Gasteiger partial charge on any atom is 0.278 e. The molecule has 43 heavy (non-hydrogen) atoms. The quantitative estimate of drug-likeness (QED) is 0.363. The Morgan fingerprint density at radius 1 is 0.930 bits per heavy atom. The van der Waals surface area contributed by atoms with Gasteiger partial charge in [-0.3, -0.25) is 0 Å². The zero-order valence-electron chi connectivity index (χ0n) is 25.0. The lowest BCUT2D eigenvalue weighted by Crippen LogP contribution is -2.40. The molecule has 2 aromatic rings. The van der Waals surface area contributed by atoms with Gasteiger partial charge in [-0.05, 0) is 51.4 Å². The number of nitrogens with zero attached hydrogens (tertiary/aromatic N) is 5. The van der Waals surface area contributed by atoms with Crippen LogP contribution in [0.15, 0.2) is 42.5 Å². The number of alkyl halides is 2. The number of anilines is 2. The lowest BCUT2D eigenvalue weighted by atomic mass is 9.85. The molecule has 2 fully saturated rings. The molecule has 7 rings (SSSR count). The van der Waals surface area contributed by atoms with Crippen LogP contribution in [0.3, 0.4) is 0 Å². The van der Waals surface area contributed by atoms with Crippen LogP contribution in [0.1, 0.15) is 61.6 Å². The summed E-state index contributed by atoms with van der Waals surface area (Å²) in [5.41, 5.74) is 2.51. The summed E-state index contributed by atoms with van der Waals surface area (Å²) in [6, 6.07) is 4.37. The van der Waals surface area contributed by atoms with Gasteiger partial charge in [-0.25, -0.2) is 23.1 Å². The van der Waals surface area contributed by atoms with Gasteiger partial charge in [0.1, 0.15) is 23.8 Å². The number of hydrogen-bond donors (Lipinski definition) is 1. The van der Waals surface area contributed by atoms with Gasteiger partial charge in [0.15, 0.2) is 0 Å². The van der Waals surface area contributed by atoms with E-state index in [0.29, 0.717) is 31.7 Å². The molecule has 5 aliphatic heterocycles. The molecule has 1 aromatic carbocycles. The van der Waals surface area contributed by atoms with E-state index in [-0.39, 0.29) is 22.6 Å². The number of halogens is 3. The number of nitrogens with one attached hydrogen (secondary N) is 1. The van der Waals surface area contributed by atoms with Gasteiger partial charge in [-0.1, -0.05) is 49.9 Å². The molecule has 2 saturated heterocycles. The Morgan fingerprint density at radius 3 is 2.42 bits per heavy atom. The summed E-state index contributed by atoms with van der Waals surface area (Å²) in [4.78, 5) is 16.1. The van der Waals surface area contributed by atoms with E-state index in [1.807, 2.05) is 0 Å². The number of aromatic nitrogens is 2. The highest BCUT2D eigenvalue weighted by molar-refractivity contribution is 8.14. The number of fused-ring (bicyclic) bond motifs is 9. The minimum absolute atomic E-state index is 0.0375. The fourth-order valence-electron chi connectivity index (χ4n) is 6.84. The van der Waals surface area contributed by atoms with Gasteiger partial charge in [0, 0.05) is 49.2 Å². The molecule has 0 amide bonds. The van der Waals surface area contributed by atoms with Crippen molar-refractivity contribution in [2.75, 3.05) is 61.0 Å². The van der Waals surface area contributed by atoms with Crippen molar-refractivity contribution in [2.45, 2.75) is 57.4 Å². The Bertz CT molecular complexity index is 1380. The van der Waals surface area contributed by atoms with Gasteiger partial charge >= 0.3 is 0 Å². The molecule has 6 nitrogen and oxygen atoms in total. The van der Waals surface area contributed by atoms with Crippen molar-refractivity contribution in [1.29, 1.82) is 0 Å². The molecule has 232 valence electrons. The minimum Gasteiger partial charge on any atom is -0.368 e. The summed E-state index contributed by atoms with van der Waals surface area (Å²) in [6.45, 7) is 9.39. The second kappa shape index (κ2) is 13.0. The van der Waals surface area contributed by atoms with Crippen LogP contribution in [0.2, 0.25) is 0 Å². The molecular formula is C33H43F3N6S. The molecular weight excluding hydrogens is 569 g/mol. The summed E-state index contributed by atoms with van der Waals surface area (Å²) >= 11 is 0. The third kappa shape index (κ3) is 6.36. The fraction of sp³-hybridized carbons (Fsp3) is 0.545. The van der Waals surface area contributed by atoms with E-state index in [9.17, 15) is 0 Å². The lowest BCUT2D eigenvalue weighted by molar-refractivity contribution is -0.0880. The summed E-state index contributed by atoms with van der Waals surface area (Å²) < 4.78 is 47.3. The Labute approximate surface area is 256 Å². The summed E-state index contributed by atoms with van der Waals surface area (Å²) in [5, 5.41) is 3.27. The highest BCUT2D eigenvalue weighted by atomic mass is 32.2. The first-order chi connectivity index (χ1) is 20.8. The highest BCUT2D eigenvalue weighted by Crippen LogP contribution is 2.43. The van der Waals surface area contributed by atoms with Gasteiger partial charge < -0.3 is 20.0 Å². The van der Waals surface area contributed by atoms with Crippen molar-refractivity contribution < 1.29 is 13.2 Å². The predicted molar refractivity (Wildman–Crippen MR) is 172 cm³/mol. The molecule has 6 heterocycles. The van der Waals surface area contributed by atoms with Gasteiger partial charge in [0.25, 0.3) is 5.92 Å². The second-order valence-corrected chi connectivity index (χ2v) is 14.3. The van der Waals surface area contributed by atoms with E-state index in [4.69, 9.17) is 0 Å². The Kier molecular flexibility index (Phi) is 9.14. The molecule has 0 saturated carbocycles. The van der Waals surface area contributed by atoms with Crippen LogP contribution in [-0.2, 0) is 12.5 Å². The number of hydrogen-bond acceptors (Lipinski definition) is 6. The standard InChI is InChI=1S/C33H43F3N6S/c1-24-29(41-17-19-43(2)20-18-41)21-27-31-37-22-25-9-8-10-28(30(25)34)33(35,36)26-11-15-40(16-12-26)13-6-4-3-5-7-14-42(24)32(27)39-23-38-31/h8-10,21,23,26H,1-7,11-20,22H2,(H,37,38,39). The summed E-state index contributed by atoms with van der Waals surface area (Å²) in [7, 11) is 0.182. The van der Waals surface area contributed by atoms with E-state index in [0.717, 1.165) is 92.6 Å². The van der Waals surface area contributed by atoms with Crippen LogP contribution in [0.4, 0.5) is 24.8 Å². The average molecular weight is 613 g/mol. The third-order valence-electron chi connectivity index (χ3n) is 9.50. The summed E-state index contributed by atoms with van der Waals surface area (Å²) in [6.07, 6.45) is 9.79. The Balaban J connectivity index is 1.34. The van der Waals surface area contributed by atoms with Crippen molar-refractivity contribution in [3.05, 3.63) is 65.0 Å². The van der Waals surface area contributed by atoms with E-state index >= 15 is 13.2 Å². The molecule has 1 aromatic heterocycles. The number of benzene rings is 1. The first-order valence-corrected chi connectivity index (χ1v) is 17.4. The molecule has 10 heteroatoms. The topological polar surface area (TPSA) is 47.5 Å². The molecule has 0 radical (unpaired) electrons. The highest BCUT2D eigenvalue weighted by Gasteiger charge is 2.44. The minimum atomic E-state index is -3.22. The van der Waals surface area contributed by atoms with Crippen LogP contribution in [0, 0.1) is 11.7 Å². The number of rotatable bonds is 1. The largest absolute Gasteiger partial charge is 0.368 e. The number of piperidine rings is 1. The van der Waals surface area contributed by atoms with E-state index in [1.54, 1.807) is 12.1 Å². The van der Waals surface area contributed by atoms with Crippen molar-refractivity contribution in [1.82, 2.24) is 19.8 Å².